The zero-order valence-electron chi connectivity index (χ0n) is 12.1. The van der Waals surface area contributed by atoms with E-state index in [4.69, 9.17) is 5.73 Å². The summed E-state index contributed by atoms with van der Waals surface area (Å²) >= 11 is 0. The Hall–Kier alpha value is -2.08. The van der Waals surface area contributed by atoms with Crippen LogP contribution in [0.25, 0.3) is 0 Å². The molecule has 0 aliphatic rings. The van der Waals surface area contributed by atoms with Crippen LogP contribution < -0.4 is 10.5 Å². The molecule has 2 aromatic rings. The first-order chi connectivity index (χ1) is 9.70. The van der Waals surface area contributed by atoms with Crippen LogP contribution in [0.3, 0.4) is 0 Å². The Bertz CT molecular complexity index is 778. The molecule has 3 N–H and O–H groups in total. The number of benzene rings is 2. The maximum Gasteiger partial charge on any atom is 0.262 e. The molecule has 2 aromatic carbocycles. The summed E-state index contributed by atoms with van der Waals surface area (Å²) in [7, 11) is -3.88. The lowest BCUT2D eigenvalue weighted by atomic mass is 10.1. The maximum absolute atomic E-state index is 13.7. The van der Waals surface area contributed by atoms with Crippen LogP contribution in [0.1, 0.15) is 16.7 Å². The van der Waals surface area contributed by atoms with Gasteiger partial charge in [-0.05, 0) is 44.5 Å². The van der Waals surface area contributed by atoms with Crippen LogP contribution in [-0.4, -0.2) is 8.42 Å². The monoisotopic (exact) mass is 308 g/mol. The predicted molar refractivity (Wildman–Crippen MR) is 82.3 cm³/mol. The number of anilines is 2. The highest BCUT2D eigenvalue weighted by Gasteiger charge is 2.18. The van der Waals surface area contributed by atoms with Crippen LogP contribution in [0.15, 0.2) is 35.2 Å². The number of nitrogen functional groups attached to an aromatic ring is 1. The lowest BCUT2D eigenvalue weighted by Gasteiger charge is -2.12. The predicted octanol–water partition coefficient (Wildman–Crippen LogP) is 3.13. The molecule has 0 bridgehead atoms. The molecular formula is C15H17FN2O2S. The summed E-state index contributed by atoms with van der Waals surface area (Å²) in [6.07, 6.45) is 0. The Morgan fingerprint density at radius 3 is 2.33 bits per heavy atom. The Balaban J connectivity index is 2.43. The first kappa shape index (κ1) is 15.3. The Morgan fingerprint density at radius 1 is 1.10 bits per heavy atom. The van der Waals surface area contributed by atoms with Crippen molar-refractivity contribution in [2.75, 3.05) is 10.5 Å². The summed E-state index contributed by atoms with van der Waals surface area (Å²) in [6, 6.07) is 7.56. The minimum absolute atomic E-state index is 0.107. The van der Waals surface area contributed by atoms with E-state index in [1.54, 1.807) is 19.1 Å². The third kappa shape index (κ3) is 3.16. The van der Waals surface area contributed by atoms with Crippen LogP contribution in [0, 0.1) is 26.6 Å². The summed E-state index contributed by atoms with van der Waals surface area (Å²) in [4.78, 5) is -0.192. The molecule has 0 fully saturated rings. The van der Waals surface area contributed by atoms with E-state index in [1.807, 2.05) is 13.0 Å². The first-order valence-electron chi connectivity index (χ1n) is 6.36. The summed E-state index contributed by atoms with van der Waals surface area (Å²) in [5, 5.41) is 0. The van der Waals surface area contributed by atoms with Gasteiger partial charge in [-0.15, -0.1) is 0 Å². The number of sulfonamides is 1. The van der Waals surface area contributed by atoms with Crippen molar-refractivity contribution in [3.63, 3.8) is 0 Å². The average Bonchev–Trinajstić information content (AvgIpc) is 2.38. The molecule has 0 aromatic heterocycles. The third-order valence-electron chi connectivity index (χ3n) is 3.29. The molecule has 0 atom stereocenters. The number of aryl methyl sites for hydroxylation is 2. The van der Waals surface area contributed by atoms with Gasteiger partial charge < -0.3 is 5.73 Å². The van der Waals surface area contributed by atoms with Gasteiger partial charge in [-0.25, -0.2) is 12.8 Å². The van der Waals surface area contributed by atoms with E-state index in [0.29, 0.717) is 5.69 Å². The lowest BCUT2D eigenvalue weighted by Crippen LogP contribution is -2.15. The zero-order chi connectivity index (χ0) is 15.8. The highest BCUT2D eigenvalue weighted by atomic mass is 32.2. The number of hydrogen-bond acceptors (Lipinski definition) is 3. The second-order valence-electron chi connectivity index (χ2n) is 5.04. The minimum atomic E-state index is -3.88. The highest BCUT2D eigenvalue weighted by Crippen LogP contribution is 2.24. The fourth-order valence-electron chi connectivity index (χ4n) is 1.96. The van der Waals surface area contributed by atoms with E-state index in [2.05, 4.69) is 4.72 Å². The Kier molecular flexibility index (Phi) is 3.91. The third-order valence-corrected chi connectivity index (χ3v) is 4.64. The molecule has 0 unspecified atom stereocenters. The molecule has 0 radical (unpaired) electrons. The van der Waals surface area contributed by atoms with Gasteiger partial charge in [-0.3, -0.25) is 4.72 Å². The van der Waals surface area contributed by atoms with Crippen molar-refractivity contribution in [3.05, 3.63) is 52.8 Å². The van der Waals surface area contributed by atoms with Gasteiger partial charge >= 0.3 is 0 Å². The number of nitrogens with one attached hydrogen (secondary N) is 1. The number of nitrogens with two attached hydrogens (primary N) is 1. The van der Waals surface area contributed by atoms with Crippen LogP contribution in [0.4, 0.5) is 15.8 Å². The second kappa shape index (κ2) is 5.37. The van der Waals surface area contributed by atoms with E-state index in [0.717, 1.165) is 17.2 Å². The van der Waals surface area contributed by atoms with Gasteiger partial charge in [-0.2, -0.15) is 0 Å². The van der Waals surface area contributed by atoms with Gasteiger partial charge in [0.1, 0.15) is 5.82 Å². The van der Waals surface area contributed by atoms with E-state index in [-0.39, 0.29) is 16.1 Å². The molecule has 0 heterocycles. The largest absolute Gasteiger partial charge is 0.398 e. The number of halogens is 1. The van der Waals surface area contributed by atoms with Gasteiger partial charge in [-0.1, -0.05) is 17.7 Å². The molecule has 0 saturated heterocycles. The fraction of sp³-hybridized carbons (Fsp3) is 0.200. The molecule has 4 nitrogen and oxygen atoms in total. The van der Waals surface area contributed by atoms with Crippen molar-refractivity contribution >= 4 is 21.4 Å². The van der Waals surface area contributed by atoms with Gasteiger partial charge in [0.05, 0.1) is 10.6 Å². The van der Waals surface area contributed by atoms with Gasteiger partial charge in [0.15, 0.2) is 0 Å². The van der Waals surface area contributed by atoms with Crippen molar-refractivity contribution in [2.24, 2.45) is 0 Å². The molecule has 2 rings (SSSR count). The van der Waals surface area contributed by atoms with Gasteiger partial charge in [0, 0.05) is 11.3 Å². The molecule has 21 heavy (non-hydrogen) atoms. The fourth-order valence-corrected chi connectivity index (χ4v) is 3.14. The number of hydrogen-bond donors (Lipinski definition) is 2. The molecule has 112 valence electrons. The summed E-state index contributed by atoms with van der Waals surface area (Å²) in [5.74, 6) is -0.643. The summed E-state index contributed by atoms with van der Waals surface area (Å²) in [5.41, 5.74) is 8.25. The normalized spacial score (nSPS) is 11.4. The van der Waals surface area contributed by atoms with Gasteiger partial charge in [0.2, 0.25) is 0 Å². The molecule has 0 aliphatic carbocycles. The van der Waals surface area contributed by atoms with Crippen molar-refractivity contribution in [1.29, 1.82) is 0 Å². The molecule has 0 amide bonds. The quantitative estimate of drug-likeness (QED) is 0.856. The second-order valence-corrected chi connectivity index (χ2v) is 6.73. The van der Waals surface area contributed by atoms with Crippen LogP contribution in [-0.2, 0) is 10.0 Å². The van der Waals surface area contributed by atoms with Gasteiger partial charge in [0.25, 0.3) is 10.0 Å². The average molecular weight is 308 g/mol. The zero-order valence-corrected chi connectivity index (χ0v) is 12.9. The van der Waals surface area contributed by atoms with Crippen LogP contribution in [0.5, 0.6) is 0 Å². The lowest BCUT2D eigenvalue weighted by molar-refractivity contribution is 0.593. The number of rotatable bonds is 3. The highest BCUT2D eigenvalue weighted by molar-refractivity contribution is 7.92. The van der Waals surface area contributed by atoms with Crippen LogP contribution >= 0.6 is 0 Å². The van der Waals surface area contributed by atoms with E-state index < -0.39 is 15.8 Å². The Labute approximate surface area is 123 Å². The molecule has 0 saturated carbocycles. The smallest absolute Gasteiger partial charge is 0.262 e. The topological polar surface area (TPSA) is 72.2 Å². The van der Waals surface area contributed by atoms with Crippen molar-refractivity contribution < 1.29 is 12.8 Å². The van der Waals surface area contributed by atoms with Crippen molar-refractivity contribution in [3.8, 4) is 0 Å². The molecular weight excluding hydrogens is 291 g/mol. The first-order valence-corrected chi connectivity index (χ1v) is 7.85. The summed E-state index contributed by atoms with van der Waals surface area (Å²) < 4.78 is 40.8. The summed E-state index contributed by atoms with van der Waals surface area (Å²) in [6.45, 7) is 5.22. The van der Waals surface area contributed by atoms with Crippen molar-refractivity contribution in [1.82, 2.24) is 0 Å². The molecule has 6 heteroatoms. The van der Waals surface area contributed by atoms with E-state index in [9.17, 15) is 12.8 Å². The molecule has 0 spiro atoms. The maximum atomic E-state index is 13.7. The van der Waals surface area contributed by atoms with E-state index in [1.165, 1.54) is 13.0 Å². The minimum Gasteiger partial charge on any atom is -0.398 e. The SMILES string of the molecule is Cc1ccc(NS(=O)(=O)c2cc(N)c(C)c(F)c2)c(C)c1. The molecule has 0 aliphatic heterocycles. The van der Waals surface area contributed by atoms with Crippen molar-refractivity contribution in [2.45, 2.75) is 25.7 Å². The standard InChI is InChI=1S/C15H17FN2O2S/c1-9-4-5-15(10(2)6-9)18-21(19,20)12-7-13(16)11(3)14(17)8-12/h4-8,18H,17H2,1-3H3. The van der Waals surface area contributed by atoms with E-state index >= 15 is 0 Å². The Morgan fingerprint density at radius 2 is 1.76 bits per heavy atom. The van der Waals surface area contributed by atoms with Crippen LogP contribution in [0.2, 0.25) is 0 Å².